The van der Waals surface area contributed by atoms with Gasteiger partial charge in [0.05, 0.1) is 4.34 Å². The smallest absolute Gasteiger partial charge is 0.348 e. The molecule has 4 nitrogen and oxygen atoms in total. The van der Waals surface area contributed by atoms with Gasteiger partial charge in [0, 0.05) is 6.04 Å². The van der Waals surface area contributed by atoms with Crippen molar-refractivity contribution in [2.75, 3.05) is 6.61 Å². The molecule has 18 heavy (non-hydrogen) atoms. The molecule has 0 spiro atoms. The van der Waals surface area contributed by atoms with Gasteiger partial charge in [0.25, 0.3) is 5.91 Å². The summed E-state index contributed by atoms with van der Waals surface area (Å²) < 4.78 is 5.44. The molecule has 0 saturated heterocycles. The highest BCUT2D eigenvalue weighted by atomic mass is 35.5. The number of ether oxygens (including phenoxy) is 1. The zero-order valence-electron chi connectivity index (χ0n) is 9.78. The molecule has 98 valence electrons. The van der Waals surface area contributed by atoms with Crippen molar-refractivity contribution in [3.05, 3.63) is 21.3 Å². The summed E-state index contributed by atoms with van der Waals surface area (Å²) in [6.07, 6.45) is 4.33. The van der Waals surface area contributed by atoms with Gasteiger partial charge >= 0.3 is 5.97 Å². The molecular formula is C12H14ClNO3S. The van der Waals surface area contributed by atoms with Crippen molar-refractivity contribution in [1.82, 2.24) is 5.32 Å². The highest BCUT2D eigenvalue weighted by Gasteiger charge is 2.18. The highest BCUT2D eigenvalue weighted by Crippen LogP contribution is 2.22. The Kier molecular flexibility index (Phi) is 4.60. The maximum absolute atomic E-state index is 11.5. The van der Waals surface area contributed by atoms with Crippen LogP contribution in [0.15, 0.2) is 12.1 Å². The maximum Gasteiger partial charge on any atom is 0.348 e. The van der Waals surface area contributed by atoms with Gasteiger partial charge < -0.3 is 10.1 Å². The molecule has 0 radical (unpaired) electrons. The fraction of sp³-hybridized carbons (Fsp3) is 0.500. The first-order valence-corrected chi connectivity index (χ1v) is 7.06. The molecule has 1 N–H and O–H groups in total. The second kappa shape index (κ2) is 6.20. The molecule has 1 aromatic heterocycles. The fourth-order valence-electron chi connectivity index (χ4n) is 1.97. The standard InChI is InChI=1S/C12H14ClNO3S/c13-10-6-5-9(18-10)12(16)17-7-11(15)14-8-3-1-2-4-8/h5-6,8H,1-4,7H2,(H,14,15). The van der Waals surface area contributed by atoms with E-state index in [2.05, 4.69) is 5.32 Å². The van der Waals surface area contributed by atoms with E-state index in [0.717, 1.165) is 37.0 Å². The second-order valence-corrected chi connectivity index (χ2v) is 5.94. The van der Waals surface area contributed by atoms with E-state index in [0.29, 0.717) is 9.21 Å². The molecule has 1 aliphatic rings. The Balaban J connectivity index is 1.73. The predicted octanol–water partition coefficient (Wildman–Crippen LogP) is 2.62. The van der Waals surface area contributed by atoms with Gasteiger partial charge in [0.1, 0.15) is 4.88 Å². The average molecular weight is 288 g/mol. The van der Waals surface area contributed by atoms with Crippen LogP contribution in [0, 0.1) is 0 Å². The van der Waals surface area contributed by atoms with Crippen LogP contribution in [-0.2, 0) is 9.53 Å². The monoisotopic (exact) mass is 287 g/mol. The van der Waals surface area contributed by atoms with Crippen LogP contribution in [-0.4, -0.2) is 24.5 Å². The summed E-state index contributed by atoms with van der Waals surface area (Å²) in [5.41, 5.74) is 0. The number of halogens is 1. The summed E-state index contributed by atoms with van der Waals surface area (Å²) in [7, 11) is 0. The Morgan fingerprint density at radius 1 is 1.39 bits per heavy atom. The van der Waals surface area contributed by atoms with Crippen molar-refractivity contribution < 1.29 is 14.3 Å². The number of hydrogen-bond acceptors (Lipinski definition) is 4. The minimum Gasteiger partial charge on any atom is -0.451 e. The van der Waals surface area contributed by atoms with E-state index in [1.165, 1.54) is 0 Å². The van der Waals surface area contributed by atoms with Crippen LogP contribution in [0.5, 0.6) is 0 Å². The summed E-state index contributed by atoms with van der Waals surface area (Å²) in [6, 6.07) is 3.46. The van der Waals surface area contributed by atoms with Gasteiger partial charge in [0.2, 0.25) is 0 Å². The molecule has 1 amide bonds. The summed E-state index contributed by atoms with van der Waals surface area (Å²) >= 11 is 6.85. The number of rotatable bonds is 4. The van der Waals surface area contributed by atoms with E-state index in [9.17, 15) is 9.59 Å². The topological polar surface area (TPSA) is 55.4 Å². The summed E-state index contributed by atoms with van der Waals surface area (Å²) in [6.45, 7) is -0.231. The van der Waals surface area contributed by atoms with Crippen molar-refractivity contribution >= 4 is 34.8 Å². The molecule has 0 atom stereocenters. The van der Waals surface area contributed by atoms with Gasteiger partial charge in [-0.1, -0.05) is 24.4 Å². The van der Waals surface area contributed by atoms with Crippen LogP contribution in [0.4, 0.5) is 0 Å². The van der Waals surface area contributed by atoms with E-state index in [-0.39, 0.29) is 18.6 Å². The lowest BCUT2D eigenvalue weighted by Crippen LogP contribution is -2.35. The van der Waals surface area contributed by atoms with Crippen LogP contribution in [0.1, 0.15) is 35.4 Å². The lowest BCUT2D eigenvalue weighted by molar-refractivity contribution is -0.124. The molecule has 0 bridgehead atoms. The number of esters is 1. The van der Waals surface area contributed by atoms with Crippen LogP contribution in [0.2, 0.25) is 4.34 Å². The highest BCUT2D eigenvalue weighted by molar-refractivity contribution is 7.17. The SMILES string of the molecule is O=C(COC(=O)c1ccc(Cl)s1)NC1CCCC1. The van der Waals surface area contributed by atoms with Gasteiger partial charge in [-0.3, -0.25) is 4.79 Å². The molecular weight excluding hydrogens is 274 g/mol. The number of carbonyl (C=O) groups excluding carboxylic acids is 2. The number of carbonyl (C=O) groups is 2. The van der Waals surface area contributed by atoms with Crippen molar-refractivity contribution in [3.8, 4) is 0 Å². The number of nitrogens with one attached hydrogen (secondary N) is 1. The Bertz CT molecular complexity index is 440. The largest absolute Gasteiger partial charge is 0.451 e. The minimum absolute atomic E-state index is 0.231. The zero-order chi connectivity index (χ0) is 13.0. The summed E-state index contributed by atoms with van der Waals surface area (Å²) in [5.74, 6) is -0.744. The molecule has 6 heteroatoms. The summed E-state index contributed by atoms with van der Waals surface area (Å²) in [5, 5.41) is 2.85. The van der Waals surface area contributed by atoms with Crippen molar-refractivity contribution in [2.45, 2.75) is 31.7 Å². The zero-order valence-corrected chi connectivity index (χ0v) is 11.4. The molecule has 1 saturated carbocycles. The fourth-order valence-corrected chi connectivity index (χ4v) is 2.90. The Morgan fingerprint density at radius 3 is 2.72 bits per heavy atom. The molecule has 0 aliphatic heterocycles. The van der Waals surface area contributed by atoms with Crippen molar-refractivity contribution in [3.63, 3.8) is 0 Å². The third-order valence-electron chi connectivity index (χ3n) is 2.83. The van der Waals surface area contributed by atoms with E-state index < -0.39 is 5.97 Å². The van der Waals surface area contributed by atoms with Gasteiger partial charge in [0.15, 0.2) is 6.61 Å². The van der Waals surface area contributed by atoms with Crippen molar-refractivity contribution in [2.24, 2.45) is 0 Å². The molecule has 2 rings (SSSR count). The average Bonchev–Trinajstić information content (AvgIpc) is 2.97. The Labute approximate surface area is 114 Å². The minimum atomic E-state index is -0.506. The third kappa shape index (κ3) is 3.71. The molecule has 0 aromatic carbocycles. The first kappa shape index (κ1) is 13.4. The van der Waals surface area contributed by atoms with E-state index in [1.54, 1.807) is 12.1 Å². The molecule has 1 aliphatic carbocycles. The van der Waals surface area contributed by atoms with Gasteiger partial charge in [-0.2, -0.15) is 0 Å². The van der Waals surface area contributed by atoms with Gasteiger partial charge in [-0.25, -0.2) is 4.79 Å². The van der Waals surface area contributed by atoms with E-state index in [4.69, 9.17) is 16.3 Å². The van der Waals surface area contributed by atoms with Crippen LogP contribution < -0.4 is 5.32 Å². The lowest BCUT2D eigenvalue weighted by Gasteiger charge is -2.11. The molecule has 1 fully saturated rings. The van der Waals surface area contributed by atoms with Crippen LogP contribution in [0.25, 0.3) is 0 Å². The maximum atomic E-state index is 11.5. The first-order chi connectivity index (χ1) is 8.65. The lowest BCUT2D eigenvalue weighted by atomic mass is 10.2. The summed E-state index contributed by atoms with van der Waals surface area (Å²) in [4.78, 5) is 23.5. The first-order valence-electron chi connectivity index (χ1n) is 5.87. The van der Waals surface area contributed by atoms with Crippen molar-refractivity contribution in [1.29, 1.82) is 0 Å². The van der Waals surface area contributed by atoms with Crippen LogP contribution in [0.3, 0.4) is 0 Å². The van der Waals surface area contributed by atoms with E-state index in [1.807, 2.05) is 0 Å². The number of hydrogen-bond donors (Lipinski definition) is 1. The quantitative estimate of drug-likeness (QED) is 0.866. The van der Waals surface area contributed by atoms with Gasteiger partial charge in [-0.15, -0.1) is 11.3 Å². The molecule has 1 heterocycles. The Morgan fingerprint density at radius 2 is 2.11 bits per heavy atom. The molecule has 0 unspecified atom stereocenters. The predicted molar refractivity (Wildman–Crippen MR) is 70.0 cm³/mol. The van der Waals surface area contributed by atoms with Gasteiger partial charge in [-0.05, 0) is 25.0 Å². The number of amides is 1. The second-order valence-electron chi connectivity index (χ2n) is 4.23. The normalized spacial score (nSPS) is 15.6. The molecule has 1 aromatic rings. The third-order valence-corrected chi connectivity index (χ3v) is 4.04. The van der Waals surface area contributed by atoms with E-state index >= 15 is 0 Å². The Hall–Kier alpha value is -1.07. The number of thiophene rings is 1. The van der Waals surface area contributed by atoms with Crippen LogP contribution >= 0.6 is 22.9 Å².